The van der Waals surface area contributed by atoms with Crippen LogP contribution in [0.1, 0.15) is 12.5 Å². The first-order chi connectivity index (χ1) is 15.5. The Hall–Kier alpha value is -2.69. The highest BCUT2D eigenvalue weighted by molar-refractivity contribution is 8.00. The van der Waals surface area contributed by atoms with E-state index in [0.29, 0.717) is 10.6 Å². The summed E-state index contributed by atoms with van der Waals surface area (Å²) in [4.78, 5) is 13.2. The van der Waals surface area contributed by atoms with Gasteiger partial charge in [-0.15, -0.1) is 11.8 Å². The van der Waals surface area contributed by atoms with Gasteiger partial charge in [0.05, 0.1) is 21.4 Å². The van der Waals surface area contributed by atoms with Crippen molar-refractivity contribution in [3.05, 3.63) is 83.4 Å². The van der Waals surface area contributed by atoms with Crippen molar-refractivity contribution in [1.82, 2.24) is 0 Å². The van der Waals surface area contributed by atoms with E-state index in [4.69, 9.17) is 11.6 Å². The number of hydrogen-bond donors (Lipinski definition) is 2. The lowest BCUT2D eigenvalue weighted by Crippen LogP contribution is -2.24. The van der Waals surface area contributed by atoms with Gasteiger partial charge in [-0.1, -0.05) is 29.8 Å². The zero-order chi connectivity index (χ0) is 24.2. The van der Waals surface area contributed by atoms with Gasteiger partial charge >= 0.3 is 6.18 Å². The van der Waals surface area contributed by atoms with Gasteiger partial charge in [-0.3, -0.25) is 9.52 Å². The molecule has 5 nitrogen and oxygen atoms in total. The smallest absolute Gasteiger partial charge is 0.325 e. The molecule has 3 aromatic carbocycles. The van der Waals surface area contributed by atoms with Crippen LogP contribution in [0, 0.1) is 0 Å². The van der Waals surface area contributed by atoms with E-state index < -0.39 is 32.9 Å². The molecule has 0 aromatic heterocycles. The molecular formula is C22H18ClF3N2O3S2. The number of amides is 1. The number of benzene rings is 3. The summed E-state index contributed by atoms with van der Waals surface area (Å²) in [6.07, 6.45) is -4.67. The molecule has 0 fully saturated rings. The molecule has 174 valence electrons. The second-order valence-electron chi connectivity index (χ2n) is 6.88. The molecule has 0 saturated carbocycles. The van der Waals surface area contributed by atoms with E-state index in [1.165, 1.54) is 30.3 Å². The van der Waals surface area contributed by atoms with Crippen LogP contribution in [0.25, 0.3) is 0 Å². The topological polar surface area (TPSA) is 75.3 Å². The summed E-state index contributed by atoms with van der Waals surface area (Å²) >= 11 is 6.77. The van der Waals surface area contributed by atoms with Gasteiger partial charge in [0.25, 0.3) is 10.0 Å². The largest absolute Gasteiger partial charge is 0.418 e. The number of alkyl halides is 3. The van der Waals surface area contributed by atoms with E-state index in [2.05, 4.69) is 10.0 Å². The van der Waals surface area contributed by atoms with E-state index in [-0.39, 0.29) is 15.6 Å². The van der Waals surface area contributed by atoms with Crippen molar-refractivity contribution >= 4 is 50.7 Å². The summed E-state index contributed by atoms with van der Waals surface area (Å²) in [5.74, 6) is -0.623. The summed E-state index contributed by atoms with van der Waals surface area (Å²) in [5.41, 5.74) is -1.08. The average molecular weight is 515 g/mol. The summed E-state index contributed by atoms with van der Waals surface area (Å²) in [7, 11) is -3.74. The van der Waals surface area contributed by atoms with E-state index in [1.807, 2.05) is 0 Å². The Kier molecular flexibility index (Phi) is 7.61. The second kappa shape index (κ2) is 10.1. The number of rotatable bonds is 7. The molecule has 1 atom stereocenters. The molecule has 0 heterocycles. The highest BCUT2D eigenvalue weighted by Crippen LogP contribution is 2.37. The van der Waals surface area contributed by atoms with Gasteiger partial charge in [-0.05, 0) is 61.5 Å². The summed E-state index contributed by atoms with van der Waals surface area (Å²) < 4.78 is 66.9. The van der Waals surface area contributed by atoms with Crippen LogP contribution >= 0.6 is 23.4 Å². The van der Waals surface area contributed by atoms with Crippen molar-refractivity contribution in [2.45, 2.75) is 28.1 Å². The minimum Gasteiger partial charge on any atom is -0.325 e. The Labute approximate surface area is 198 Å². The van der Waals surface area contributed by atoms with Gasteiger partial charge in [0, 0.05) is 15.6 Å². The van der Waals surface area contributed by atoms with Crippen LogP contribution in [0.3, 0.4) is 0 Å². The van der Waals surface area contributed by atoms with E-state index in [0.717, 1.165) is 23.9 Å². The maximum Gasteiger partial charge on any atom is 0.418 e. The number of carbonyl (C=O) groups excluding carboxylic acids is 1. The number of carbonyl (C=O) groups is 1. The van der Waals surface area contributed by atoms with E-state index in [1.54, 1.807) is 37.3 Å². The third-order valence-electron chi connectivity index (χ3n) is 4.39. The number of hydrogen-bond acceptors (Lipinski definition) is 4. The lowest BCUT2D eigenvalue weighted by molar-refractivity contribution is -0.137. The van der Waals surface area contributed by atoms with Crippen LogP contribution in [0.4, 0.5) is 24.5 Å². The fraction of sp³-hybridized carbons (Fsp3) is 0.136. The van der Waals surface area contributed by atoms with Crippen molar-refractivity contribution in [2.24, 2.45) is 0 Å². The Morgan fingerprint density at radius 3 is 2.24 bits per heavy atom. The maximum absolute atomic E-state index is 13.2. The van der Waals surface area contributed by atoms with Gasteiger partial charge < -0.3 is 5.32 Å². The first kappa shape index (κ1) is 24.9. The maximum atomic E-state index is 13.2. The number of nitrogens with one attached hydrogen (secondary N) is 2. The van der Waals surface area contributed by atoms with Crippen molar-refractivity contribution < 1.29 is 26.4 Å². The molecular weight excluding hydrogens is 497 g/mol. The zero-order valence-electron chi connectivity index (χ0n) is 17.1. The van der Waals surface area contributed by atoms with Crippen molar-refractivity contribution in [1.29, 1.82) is 0 Å². The van der Waals surface area contributed by atoms with Crippen LogP contribution in [0.2, 0.25) is 5.02 Å². The summed E-state index contributed by atoms with van der Waals surface area (Å²) in [6.45, 7) is 1.55. The van der Waals surface area contributed by atoms with Crippen LogP contribution < -0.4 is 10.0 Å². The Balaban J connectivity index is 1.65. The molecule has 11 heteroatoms. The monoisotopic (exact) mass is 514 g/mol. The predicted octanol–water partition coefficient (Wildman–Crippen LogP) is 6.28. The van der Waals surface area contributed by atoms with Gasteiger partial charge in [-0.2, -0.15) is 13.2 Å². The molecule has 3 rings (SSSR count). The normalized spacial score (nSPS) is 12.8. The van der Waals surface area contributed by atoms with Crippen molar-refractivity contribution in [3.63, 3.8) is 0 Å². The van der Waals surface area contributed by atoms with Crippen molar-refractivity contribution in [3.8, 4) is 0 Å². The summed E-state index contributed by atoms with van der Waals surface area (Å²) in [6, 6.07) is 17.3. The number of halogens is 4. The minimum atomic E-state index is -4.67. The molecule has 0 saturated heterocycles. The van der Waals surface area contributed by atoms with Crippen molar-refractivity contribution in [2.75, 3.05) is 10.0 Å². The molecule has 0 aliphatic carbocycles. The van der Waals surface area contributed by atoms with Crippen LogP contribution in [0.15, 0.2) is 82.6 Å². The molecule has 1 amide bonds. The molecule has 0 aliphatic heterocycles. The zero-order valence-corrected chi connectivity index (χ0v) is 19.4. The van der Waals surface area contributed by atoms with Gasteiger partial charge in [0.2, 0.25) is 5.91 Å². The van der Waals surface area contributed by atoms with Crippen LogP contribution in [-0.4, -0.2) is 19.6 Å². The molecule has 0 spiro atoms. The van der Waals surface area contributed by atoms with E-state index in [9.17, 15) is 26.4 Å². The molecule has 0 aliphatic rings. The highest BCUT2D eigenvalue weighted by atomic mass is 35.5. The number of sulfonamides is 1. The highest BCUT2D eigenvalue weighted by Gasteiger charge is 2.34. The molecule has 3 aromatic rings. The SMILES string of the molecule is CC(Sc1ccc(NS(=O)(=O)c2ccccc2)cc1)C(=O)Nc1ccc(Cl)cc1C(F)(F)F. The quantitative estimate of drug-likeness (QED) is 0.364. The Morgan fingerprint density at radius 2 is 1.64 bits per heavy atom. The second-order valence-corrected chi connectivity index (χ2v) is 10.4. The fourth-order valence-corrected chi connectivity index (χ4v) is 4.89. The van der Waals surface area contributed by atoms with Gasteiger partial charge in [0.1, 0.15) is 0 Å². The Bertz CT molecular complexity index is 1240. The molecule has 1 unspecified atom stereocenters. The van der Waals surface area contributed by atoms with Crippen LogP contribution in [-0.2, 0) is 21.0 Å². The summed E-state index contributed by atoms with van der Waals surface area (Å²) in [5, 5.41) is 1.47. The molecule has 2 N–H and O–H groups in total. The first-order valence-corrected chi connectivity index (χ1v) is 12.2. The van der Waals surface area contributed by atoms with Gasteiger partial charge in [0.15, 0.2) is 0 Å². The van der Waals surface area contributed by atoms with Gasteiger partial charge in [-0.25, -0.2) is 8.42 Å². The first-order valence-electron chi connectivity index (χ1n) is 9.48. The minimum absolute atomic E-state index is 0.0919. The van der Waals surface area contributed by atoms with E-state index >= 15 is 0 Å². The third kappa shape index (κ3) is 6.66. The predicted molar refractivity (Wildman–Crippen MR) is 124 cm³/mol. The molecule has 33 heavy (non-hydrogen) atoms. The standard InChI is InChI=1S/C22H18ClF3N2O3S2/c1-14(21(29)27-20-12-7-15(23)13-19(20)22(24,25)26)32-17-10-8-16(9-11-17)28-33(30,31)18-5-3-2-4-6-18/h2-14,28H,1H3,(H,27,29). The lowest BCUT2D eigenvalue weighted by Gasteiger charge is -2.17. The number of thioether (sulfide) groups is 1. The lowest BCUT2D eigenvalue weighted by atomic mass is 10.1. The molecule has 0 radical (unpaired) electrons. The molecule has 0 bridgehead atoms. The Morgan fingerprint density at radius 1 is 1.00 bits per heavy atom. The number of anilines is 2. The van der Waals surface area contributed by atoms with Crippen LogP contribution in [0.5, 0.6) is 0 Å². The third-order valence-corrected chi connectivity index (χ3v) is 7.13. The average Bonchev–Trinajstić information content (AvgIpc) is 2.76. The fourth-order valence-electron chi connectivity index (χ4n) is 2.77.